The van der Waals surface area contributed by atoms with Crippen molar-refractivity contribution < 1.29 is 0 Å². The summed E-state index contributed by atoms with van der Waals surface area (Å²) in [5, 5.41) is 15.0. The summed E-state index contributed by atoms with van der Waals surface area (Å²) >= 11 is 1.77. The Morgan fingerprint density at radius 3 is 2.71 bits per heavy atom. The molecule has 0 atom stereocenters. The maximum atomic E-state index is 4.92. The Hall–Kier alpha value is -1.31. The first-order chi connectivity index (χ1) is 10.3. The maximum absolute atomic E-state index is 4.92. The Bertz CT molecular complexity index is 418. The monoisotopic (exact) mass is 305 g/mol. The third kappa shape index (κ3) is 6.79. The van der Waals surface area contributed by atoms with E-state index < -0.39 is 0 Å². The van der Waals surface area contributed by atoms with Crippen LogP contribution in [0.3, 0.4) is 0 Å². The minimum absolute atomic E-state index is 0.681. The van der Waals surface area contributed by atoms with Crippen LogP contribution in [0.2, 0.25) is 0 Å². The summed E-state index contributed by atoms with van der Waals surface area (Å²) in [7, 11) is 0. The molecule has 1 aliphatic carbocycles. The average Bonchev–Trinajstić information content (AvgIpc) is 3.25. The summed E-state index contributed by atoms with van der Waals surface area (Å²) < 4.78 is 0. The number of nitrogens with zero attached hydrogens (tertiary/aromatic N) is 2. The Morgan fingerprint density at radius 2 is 2.19 bits per heavy atom. The van der Waals surface area contributed by atoms with E-state index in [4.69, 9.17) is 5.10 Å². The van der Waals surface area contributed by atoms with Crippen molar-refractivity contribution in [3.8, 4) is 12.8 Å². The van der Waals surface area contributed by atoms with E-state index in [1.54, 1.807) is 11.3 Å². The molecule has 1 heterocycles. The second-order valence-corrected chi connectivity index (χ2v) is 5.86. The topological polar surface area (TPSA) is 27.6 Å². The summed E-state index contributed by atoms with van der Waals surface area (Å²) in [5.74, 6) is 0. The zero-order chi connectivity index (χ0) is 15.5. The van der Waals surface area contributed by atoms with Crippen molar-refractivity contribution in [1.82, 2.24) is 10.3 Å². The van der Waals surface area contributed by atoms with E-state index in [9.17, 15) is 0 Å². The molecule has 1 N–H and O–H groups in total. The van der Waals surface area contributed by atoms with Gasteiger partial charge in [0.2, 0.25) is 0 Å². The van der Waals surface area contributed by atoms with Gasteiger partial charge in [-0.15, -0.1) is 12.8 Å². The van der Waals surface area contributed by atoms with Crippen LogP contribution in [-0.4, -0.2) is 29.9 Å². The third-order valence-corrected chi connectivity index (χ3v) is 4.14. The molecule has 1 fully saturated rings. The zero-order valence-corrected chi connectivity index (χ0v) is 14.0. The van der Waals surface area contributed by atoms with E-state index >= 15 is 0 Å². The molecule has 1 aromatic heterocycles. The second kappa shape index (κ2) is 10.4. The summed E-state index contributed by atoms with van der Waals surface area (Å²) in [4.78, 5) is 0. The van der Waals surface area contributed by atoms with Crippen LogP contribution in [0.25, 0.3) is 0 Å². The molecule has 0 aliphatic heterocycles. The molecule has 0 saturated heterocycles. The van der Waals surface area contributed by atoms with Gasteiger partial charge in [0.15, 0.2) is 0 Å². The Labute approximate surface area is 133 Å². The van der Waals surface area contributed by atoms with E-state index in [1.165, 1.54) is 24.1 Å². The molecule has 3 nitrogen and oxygen atoms in total. The van der Waals surface area contributed by atoms with Crippen molar-refractivity contribution in [2.75, 3.05) is 13.1 Å². The van der Waals surface area contributed by atoms with Crippen LogP contribution in [0.1, 0.15) is 45.1 Å². The number of terminal acetylenes is 1. The van der Waals surface area contributed by atoms with Gasteiger partial charge in [0.25, 0.3) is 0 Å². The largest absolute Gasteiger partial charge is 0.317 e. The molecule has 1 saturated carbocycles. The minimum Gasteiger partial charge on any atom is -0.317 e. The number of hydrogen-bond acceptors (Lipinski definition) is 4. The SMILES string of the molecule is C#C.CCNCC/C(CC)=N/N(Cc1ccsc1)C1CC1. The van der Waals surface area contributed by atoms with Gasteiger partial charge in [-0.05, 0) is 54.6 Å². The van der Waals surface area contributed by atoms with E-state index in [1.807, 2.05) is 0 Å². The minimum atomic E-state index is 0.681. The van der Waals surface area contributed by atoms with Crippen molar-refractivity contribution in [1.29, 1.82) is 0 Å². The van der Waals surface area contributed by atoms with E-state index in [2.05, 4.69) is 53.8 Å². The highest BCUT2D eigenvalue weighted by Crippen LogP contribution is 2.29. The highest BCUT2D eigenvalue weighted by atomic mass is 32.1. The highest BCUT2D eigenvalue weighted by molar-refractivity contribution is 7.07. The maximum Gasteiger partial charge on any atom is 0.0622 e. The third-order valence-electron chi connectivity index (χ3n) is 3.41. The van der Waals surface area contributed by atoms with Crippen molar-refractivity contribution in [3.05, 3.63) is 22.4 Å². The van der Waals surface area contributed by atoms with Crippen LogP contribution < -0.4 is 5.32 Å². The first-order valence-electron chi connectivity index (χ1n) is 7.71. The summed E-state index contributed by atoms with van der Waals surface area (Å²) in [5.41, 5.74) is 2.71. The quantitative estimate of drug-likeness (QED) is 0.326. The molecule has 21 heavy (non-hydrogen) atoms. The number of thiophene rings is 1. The lowest BCUT2D eigenvalue weighted by atomic mass is 10.2. The van der Waals surface area contributed by atoms with Gasteiger partial charge in [0.1, 0.15) is 0 Å². The smallest absolute Gasteiger partial charge is 0.0622 e. The van der Waals surface area contributed by atoms with E-state index in [0.29, 0.717) is 6.04 Å². The average molecular weight is 305 g/mol. The predicted octanol–water partition coefficient (Wildman–Crippen LogP) is 3.73. The number of hydrazone groups is 1. The first kappa shape index (κ1) is 17.7. The van der Waals surface area contributed by atoms with Crippen LogP contribution in [0, 0.1) is 12.8 Å². The molecule has 0 radical (unpaired) electrons. The predicted molar refractivity (Wildman–Crippen MR) is 93.7 cm³/mol. The summed E-state index contributed by atoms with van der Waals surface area (Å²) in [6, 6.07) is 2.89. The van der Waals surface area contributed by atoms with Gasteiger partial charge >= 0.3 is 0 Å². The molecule has 2 rings (SSSR count). The molecule has 4 heteroatoms. The fraction of sp³-hybridized carbons (Fsp3) is 0.588. The van der Waals surface area contributed by atoms with Crippen LogP contribution in [0.4, 0.5) is 0 Å². The molecule has 0 bridgehead atoms. The van der Waals surface area contributed by atoms with Gasteiger partial charge in [-0.2, -0.15) is 16.4 Å². The first-order valence-corrected chi connectivity index (χ1v) is 8.65. The van der Waals surface area contributed by atoms with Crippen molar-refractivity contribution >= 4 is 17.0 Å². The van der Waals surface area contributed by atoms with Gasteiger partial charge in [-0.3, -0.25) is 5.01 Å². The van der Waals surface area contributed by atoms with Gasteiger partial charge in [-0.25, -0.2) is 0 Å². The molecule has 0 aromatic carbocycles. The highest BCUT2D eigenvalue weighted by Gasteiger charge is 2.28. The molecule has 0 spiro atoms. The Balaban J connectivity index is 0.00000106. The Kier molecular flexibility index (Phi) is 8.80. The van der Waals surface area contributed by atoms with Crippen LogP contribution in [-0.2, 0) is 6.54 Å². The molecule has 116 valence electrons. The molecular formula is C17H27N3S. The molecular weight excluding hydrogens is 278 g/mol. The van der Waals surface area contributed by atoms with Gasteiger partial charge in [0.05, 0.1) is 6.54 Å². The molecule has 0 unspecified atom stereocenters. The zero-order valence-electron chi connectivity index (χ0n) is 13.2. The van der Waals surface area contributed by atoms with E-state index in [-0.39, 0.29) is 0 Å². The lowest BCUT2D eigenvalue weighted by molar-refractivity contribution is 0.267. The van der Waals surface area contributed by atoms with E-state index in [0.717, 1.165) is 32.5 Å². The number of nitrogens with one attached hydrogen (secondary N) is 1. The lowest BCUT2D eigenvalue weighted by Gasteiger charge is -2.20. The summed E-state index contributed by atoms with van der Waals surface area (Å²) in [6.07, 6.45) is 12.7. The van der Waals surface area contributed by atoms with Crippen LogP contribution >= 0.6 is 11.3 Å². The van der Waals surface area contributed by atoms with Gasteiger partial charge in [-0.1, -0.05) is 13.8 Å². The molecule has 0 amide bonds. The second-order valence-electron chi connectivity index (χ2n) is 5.08. The number of rotatable bonds is 9. The fourth-order valence-corrected chi connectivity index (χ4v) is 2.74. The molecule has 1 aromatic rings. The Morgan fingerprint density at radius 1 is 1.43 bits per heavy atom. The van der Waals surface area contributed by atoms with Crippen molar-refractivity contribution in [3.63, 3.8) is 0 Å². The fourth-order valence-electron chi connectivity index (χ4n) is 2.08. The van der Waals surface area contributed by atoms with Gasteiger partial charge in [0, 0.05) is 18.3 Å². The number of hydrogen-bond donors (Lipinski definition) is 1. The standard InChI is InChI=1S/C15H25N3S.C2H2/c1-3-14(7-9-16-4-2)17-18(15-5-6-15)11-13-8-10-19-12-13;1-2/h8,10,12,15-16H,3-7,9,11H2,1-2H3;1-2H/b17-14+;. The van der Waals surface area contributed by atoms with Crippen molar-refractivity contribution in [2.24, 2.45) is 5.10 Å². The van der Waals surface area contributed by atoms with Crippen LogP contribution in [0.15, 0.2) is 21.9 Å². The van der Waals surface area contributed by atoms with Crippen LogP contribution in [0.5, 0.6) is 0 Å². The normalized spacial score (nSPS) is 14.4. The molecule has 1 aliphatic rings. The van der Waals surface area contributed by atoms with Crippen molar-refractivity contribution in [2.45, 2.75) is 52.1 Å². The summed E-state index contributed by atoms with van der Waals surface area (Å²) in [6.45, 7) is 7.41. The lowest BCUT2D eigenvalue weighted by Crippen LogP contribution is -2.23. The van der Waals surface area contributed by atoms with Gasteiger partial charge < -0.3 is 5.32 Å².